The van der Waals surface area contributed by atoms with Gasteiger partial charge in [0.05, 0.1) is 5.92 Å². The molecule has 0 bridgehead atoms. The number of carboxylic acid groups (broad SMARTS) is 1. The Bertz CT molecular complexity index is 526. The Labute approximate surface area is 142 Å². The van der Waals surface area contributed by atoms with Gasteiger partial charge in [-0.2, -0.15) is 0 Å². The highest BCUT2D eigenvalue weighted by Crippen LogP contribution is 2.59. The average molecular weight is 347 g/mol. The highest BCUT2D eigenvalue weighted by molar-refractivity contribution is 6.55. The molecule has 1 fully saturated rings. The second-order valence-corrected chi connectivity index (χ2v) is 8.60. The third kappa shape index (κ3) is 5.13. The van der Waals surface area contributed by atoms with E-state index in [0.29, 0.717) is 6.42 Å². The second kappa shape index (κ2) is 6.76. The van der Waals surface area contributed by atoms with Gasteiger partial charge in [0.1, 0.15) is 4.49 Å². The van der Waals surface area contributed by atoms with E-state index in [1.54, 1.807) is 12.2 Å². The predicted molar refractivity (Wildman–Crippen MR) is 90.0 cm³/mol. The van der Waals surface area contributed by atoms with Crippen molar-refractivity contribution in [3.63, 3.8) is 0 Å². The van der Waals surface area contributed by atoms with Gasteiger partial charge in [0.25, 0.3) is 0 Å². The highest BCUT2D eigenvalue weighted by Gasteiger charge is 2.61. The molecule has 124 valence electrons. The van der Waals surface area contributed by atoms with Gasteiger partial charge in [-0.15, -0.1) is 0 Å². The molecule has 5 heteroatoms. The summed E-state index contributed by atoms with van der Waals surface area (Å²) in [4.78, 5) is 21.7. The summed E-state index contributed by atoms with van der Waals surface area (Å²) in [6, 6.07) is 0. The molecule has 2 atom stereocenters. The fourth-order valence-corrected chi connectivity index (χ4v) is 3.53. The molecule has 2 unspecified atom stereocenters. The molecule has 1 saturated carbocycles. The van der Waals surface area contributed by atoms with Crippen LogP contribution in [0.15, 0.2) is 22.2 Å². The molecule has 0 heterocycles. The first-order valence-corrected chi connectivity index (χ1v) is 8.08. The minimum Gasteiger partial charge on any atom is -0.481 e. The van der Waals surface area contributed by atoms with Crippen LogP contribution in [0.4, 0.5) is 0 Å². The number of carbonyl (C=O) groups is 2. The molecule has 0 amide bonds. The third-order valence-electron chi connectivity index (χ3n) is 4.30. The summed E-state index contributed by atoms with van der Waals surface area (Å²) in [7, 11) is 0. The lowest BCUT2D eigenvalue weighted by atomic mass is 9.77. The zero-order valence-electron chi connectivity index (χ0n) is 13.7. The van der Waals surface area contributed by atoms with Gasteiger partial charge in [-0.25, -0.2) is 0 Å². The molecule has 0 aliphatic heterocycles. The molecule has 0 aromatic rings. The van der Waals surface area contributed by atoms with E-state index in [-0.39, 0.29) is 32.9 Å². The van der Waals surface area contributed by atoms with Crippen LogP contribution < -0.4 is 0 Å². The Hall–Kier alpha value is -0.800. The second-order valence-electron chi connectivity index (χ2n) is 7.59. The molecule has 0 spiro atoms. The Morgan fingerprint density at radius 1 is 1.27 bits per heavy atom. The van der Waals surface area contributed by atoms with Crippen LogP contribution in [0.25, 0.3) is 0 Å². The molecule has 22 heavy (non-hydrogen) atoms. The number of carboxylic acids is 1. The summed E-state index contributed by atoms with van der Waals surface area (Å²) in [6.45, 7) is 10.1. The molecule has 3 nitrogen and oxygen atoms in total. The minimum atomic E-state index is -0.782. The fourth-order valence-electron chi connectivity index (χ4n) is 3.26. The van der Waals surface area contributed by atoms with Crippen molar-refractivity contribution in [2.24, 2.45) is 22.7 Å². The lowest BCUT2D eigenvalue weighted by Gasteiger charge is -2.27. The van der Waals surface area contributed by atoms with Crippen molar-refractivity contribution in [2.45, 2.75) is 47.5 Å². The summed E-state index contributed by atoms with van der Waals surface area (Å²) >= 11 is 10.9. The van der Waals surface area contributed by atoms with Crippen LogP contribution in [0.1, 0.15) is 47.5 Å². The molecule has 2 aliphatic carbocycles. The maximum Gasteiger partial charge on any atom is 0.307 e. The molecule has 2 aliphatic rings. The van der Waals surface area contributed by atoms with Gasteiger partial charge in [-0.3, -0.25) is 9.59 Å². The van der Waals surface area contributed by atoms with Gasteiger partial charge in [0, 0.05) is 6.42 Å². The lowest BCUT2D eigenvalue weighted by molar-refractivity contribution is -0.139. The predicted octanol–water partition coefficient (Wildman–Crippen LogP) is 4.98. The Kier molecular flexibility index (Phi) is 5.91. The van der Waals surface area contributed by atoms with E-state index in [1.807, 2.05) is 20.8 Å². The van der Waals surface area contributed by atoms with Crippen molar-refractivity contribution in [1.82, 2.24) is 0 Å². The smallest absolute Gasteiger partial charge is 0.307 e. The van der Waals surface area contributed by atoms with Crippen LogP contribution in [0.2, 0.25) is 0 Å². The Morgan fingerprint density at radius 2 is 1.82 bits per heavy atom. The number of carbonyl (C=O) groups excluding carboxylic acids is 1. The number of aliphatic carboxylic acids is 1. The maximum atomic E-state index is 11.0. The molecular formula is C17H24Cl2O3. The molecule has 0 aromatic heterocycles. The number of ketones is 1. The van der Waals surface area contributed by atoms with E-state index in [4.69, 9.17) is 28.3 Å². The van der Waals surface area contributed by atoms with Crippen molar-refractivity contribution in [3.8, 4) is 0 Å². The molecule has 0 aromatic carbocycles. The minimum absolute atomic E-state index is 0.0278. The summed E-state index contributed by atoms with van der Waals surface area (Å²) in [6.07, 6.45) is 5.15. The van der Waals surface area contributed by atoms with Crippen molar-refractivity contribution >= 4 is 35.0 Å². The summed E-state index contributed by atoms with van der Waals surface area (Å²) in [5.41, 5.74) is 1.22. The van der Waals surface area contributed by atoms with E-state index in [9.17, 15) is 9.59 Å². The van der Waals surface area contributed by atoms with Gasteiger partial charge in [-0.1, -0.05) is 56.5 Å². The van der Waals surface area contributed by atoms with Crippen LogP contribution >= 0.6 is 23.2 Å². The van der Waals surface area contributed by atoms with E-state index in [0.717, 1.165) is 6.42 Å². The zero-order valence-corrected chi connectivity index (χ0v) is 15.3. The molecule has 1 N–H and O–H groups in total. The normalized spacial score (nSPS) is 28.0. The number of hydrogen-bond donors (Lipinski definition) is 1. The Balaban J connectivity index is 0.000000224. The summed E-state index contributed by atoms with van der Waals surface area (Å²) in [5, 5.41) is 8.76. The highest BCUT2D eigenvalue weighted by atomic mass is 35.5. The molecular weight excluding hydrogens is 323 g/mol. The van der Waals surface area contributed by atoms with Gasteiger partial charge >= 0.3 is 5.97 Å². The summed E-state index contributed by atoms with van der Waals surface area (Å²) < 4.78 is 0.150. The number of rotatable bonds is 2. The van der Waals surface area contributed by atoms with Crippen molar-refractivity contribution in [1.29, 1.82) is 0 Å². The standard InChI is InChI=1S/C9H14O.C8H10Cl2O2/c1-7-4-8(10)6-9(2,3)5-7;1-8(2)4(3-5(9)10)6(8)7(11)12/h4H,5-6H2,1-3H3;3-4,6H,1-2H3,(H,11,12). The first-order chi connectivity index (χ1) is 9.86. The van der Waals surface area contributed by atoms with E-state index >= 15 is 0 Å². The van der Waals surface area contributed by atoms with Gasteiger partial charge in [-0.05, 0) is 42.2 Å². The largest absolute Gasteiger partial charge is 0.481 e. The number of allylic oxidation sites excluding steroid dienone is 3. The number of halogens is 2. The number of hydrogen-bond acceptors (Lipinski definition) is 2. The van der Waals surface area contributed by atoms with Crippen molar-refractivity contribution in [3.05, 3.63) is 22.2 Å². The van der Waals surface area contributed by atoms with E-state index < -0.39 is 5.97 Å². The topological polar surface area (TPSA) is 54.4 Å². The van der Waals surface area contributed by atoms with Crippen LogP contribution in [0.5, 0.6) is 0 Å². The van der Waals surface area contributed by atoms with Crippen molar-refractivity contribution in [2.75, 3.05) is 0 Å². The summed E-state index contributed by atoms with van der Waals surface area (Å²) in [5.74, 6) is -0.866. The van der Waals surface area contributed by atoms with Crippen LogP contribution in [0.3, 0.4) is 0 Å². The third-order valence-corrected chi connectivity index (χ3v) is 4.55. The molecule has 0 radical (unpaired) electrons. The SMILES string of the molecule is CC1(C)C(C=C(Cl)Cl)C1C(=O)O.CC1=CC(=O)CC(C)(C)C1. The van der Waals surface area contributed by atoms with E-state index in [1.165, 1.54) is 5.57 Å². The average Bonchev–Trinajstić information content (AvgIpc) is 2.75. The van der Waals surface area contributed by atoms with Crippen LogP contribution in [0, 0.1) is 22.7 Å². The van der Waals surface area contributed by atoms with Crippen molar-refractivity contribution < 1.29 is 14.7 Å². The first kappa shape index (κ1) is 19.2. The Morgan fingerprint density at radius 3 is 2.14 bits per heavy atom. The van der Waals surface area contributed by atoms with Gasteiger partial charge in [0.15, 0.2) is 5.78 Å². The lowest BCUT2D eigenvalue weighted by Crippen LogP contribution is -2.20. The maximum absolute atomic E-state index is 11.0. The molecule has 0 saturated heterocycles. The van der Waals surface area contributed by atoms with Crippen LogP contribution in [-0.4, -0.2) is 16.9 Å². The zero-order chi connectivity index (χ0) is 17.3. The quantitative estimate of drug-likeness (QED) is 0.766. The fraction of sp³-hybridized carbons (Fsp3) is 0.647. The van der Waals surface area contributed by atoms with Gasteiger partial charge in [0.2, 0.25) is 0 Å². The monoisotopic (exact) mass is 346 g/mol. The first-order valence-electron chi connectivity index (χ1n) is 7.32. The van der Waals surface area contributed by atoms with Crippen LogP contribution in [-0.2, 0) is 9.59 Å². The van der Waals surface area contributed by atoms with E-state index in [2.05, 4.69) is 13.8 Å². The molecule has 2 rings (SSSR count). The van der Waals surface area contributed by atoms with Gasteiger partial charge < -0.3 is 5.11 Å².